The van der Waals surface area contributed by atoms with E-state index < -0.39 is 0 Å². The van der Waals surface area contributed by atoms with Crippen molar-refractivity contribution in [2.24, 2.45) is 12.0 Å². The lowest BCUT2D eigenvalue weighted by Crippen LogP contribution is -2.42. The van der Waals surface area contributed by atoms with Gasteiger partial charge in [-0.3, -0.25) is 9.67 Å². The third-order valence-corrected chi connectivity index (χ3v) is 4.76. The molecule has 0 spiro atoms. The lowest BCUT2D eigenvalue weighted by molar-refractivity contribution is 0.402. The Kier molecular flexibility index (Phi) is 7.42. The van der Waals surface area contributed by atoms with E-state index >= 15 is 0 Å². The molecule has 2 N–H and O–H groups in total. The zero-order chi connectivity index (χ0) is 20.0. The van der Waals surface area contributed by atoms with Crippen molar-refractivity contribution in [2.45, 2.75) is 46.3 Å². The van der Waals surface area contributed by atoms with Gasteiger partial charge in [0.25, 0.3) is 0 Å². The summed E-state index contributed by atoms with van der Waals surface area (Å²) in [5.41, 5.74) is 6.20. The van der Waals surface area contributed by atoms with E-state index in [1.807, 2.05) is 18.8 Å². The first-order chi connectivity index (χ1) is 12.8. The maximum Gasteiger partial charge on any atom is 0.191 e. The smallest absolute Gasteiger partial charge is 0.191 e. The van der Waals surface area contributed by atoms with Crippen LogP contribution in [-0.4, -0.2) is 47.8 Å². The third-order valence-electron chi connectivity index (χ3n) is 4.76. The van der Waals surface area contributed by atoms with Crippen molar-refractivity contribution in [1.29, 1.82) is 0 Å². The van der Waals surface area contributed by atoms with Crippen molar-refractivity contribution < 1.29 is 0 Å². The predicted molar refractivity (Wildman–Crippen MR) is 113 cm³/mol. The van der Waals surface area contributed by atoms with Gasteiger partial charge in [0.1, 0.15) is 0 Å². The summed E-state index contributed by atoms with van der Waals surface area (Å²) in [6.45, 7) is 8.08. The van der Waals surface area contributed by atoms with Crippen molar-refractivity contribution >= 4 is 5.96 Å². The number of nitrogens with one attached hydrogen (secondary N) is 2. The van der Waals surface area contributed by atoms with Crippen LogP contribution >= 0.6 is 0 Å². The van der Waals surface area contributed by atoms with Crippen LogP contribution in [0.25, 0.3) is 0 Å². The molecule has 0 aliphatic carbocycles. The van der Waals surface area contributed by atoms with Gasteiger partial charge in [-0.2, -0.15) is 5.10 Å². The molecule has 0 saturated carbocycles. The van der Waals surface area contributed by atoms with Crippen LogP contribution in [0.3, 0.4) is 0 Å². The average molecular weight is 371 g/mol. The minimum atomic E-state index is 0.264. The van der Waals surface area contributed by atoms with Crippen molar-refractivity contribution in [3.63, 3.8) is 0 Å². The van der Waals surface area contributed by atoms with Crippen molar-refractivity contribution in [3.05, 3.63) is 52.3 Å². The highest BCUT2D eigenvalue weighted by atomic mass is 15.3. The van der Waals surface area contributed by atoms with E-state index in [0.717, 1.165) is 31.2 Å². The Morgan fingerprint density at radius 2 is 1.81 bits per heavy atom. The molecule has 0 aliphatic rings. The summed E-state index contributed by atoms with van der Waals surface area (Å²) in [7, 11) is 7.97. The Labute approximate surface area is 163 Å². The van der Waals surface area contributed by atoms with Crippen LogP contribution in [0.4, 0.5) is 0 Å². The maximum absolute atomic E-state index is 4.50. The Balaban J connectivity index is 1.88. The number of aromatic nitrogens is 2. The Morgan fingerprint density at radius 1 is 1.19 bits per heavy atom. The zero-order valence-electron chi connectivity index (χ0n) is 17.8. The van der Waals surface area contributed by atoms with E-state index in [9.17, 15) is 0 Å². The van der Waals surface area contributed by atoms with Gasteiger partial charge in [0.05, 0.1) is 5.69 Å². The van der Waals surface area contributed by atoms with Gasteiger partial charge in [-0.1, -0.05) is 24.3 Å². The number of benzene rings is 1. The van der Waals surface area contributed by atoms with Crippen molar-refractivity contribution in [2.75, 3.05) is 21.1 Å². The molecule has 6 nitrogen and oxygen atoms in total. The predicted octanol–water partition coefficient (Wildman–Crippen LogP) is 2.39. The molecule has 1 atom stereocenters. The summed E-state index contributed by atoms with van der Waals surface area (Å²) in [4.78, 5) is 6.53. The maximum atomic E-state index is 4.50. The Bertz CT molecular complexity index is 758. The second-order valence-corrected chi connectivity index (χ2v) is 7.50. The van der Waals surface area contributed by atoms with E-state index in [-0.39, 0.29) is 6.04 Å². The topological polar surface area (TPSA) is 57.5 Å². The fraction of sp³-hybridized carbons (Fsp3) is 0.524. The fourth-order valence-electron chi connectivity index (χ4n) is 3.21. The minimum Gasteiger partial charge on any atom is -0.354 e. The molecule has 0 bridgehead atoms. The van der Waals surface area contributed by atoms with E-state index in [1.54, 1.807) is 0 Å². The molecular formula is C21H34N6. The first-order valence-corrected chi connectivity index (χ1v) is 9.49. The molecule has 0 saturated heterocycles. The second kappa shape index (κ2) is 9.55. The summed E-state index contributed by atoms with van der Waals surface area (Å²) in [5, 5.41) is 11.4. The Hall–Kier alpha value is -2.34. The van der Waals surface area contributed by atoms with E-state index in [4.69, 9.17) is 0 Å². The molecule has 0 radical (unpaired) electrons. The molecule has 1 heterocycles. The summed E-state index contributed by atoms with van der Waals surface area (Å²) in [6.07, 6.45) is 0.922. The van der Waals surface area contributed by atoms with Gasteiger partial charge in [-0.25, -0.2) is 0 Å². The molecule has 0 aliphatic heterocycles. The SMILES string of the molecule is CN=C(NCc1ccc(CN(C)C)cc1)NC(C)Cc1c(C)nn(C)c1C. The summed E-state index contributed by atoms with van der Waals surface area (Å²) in [6, 6.07) is 8.98. The molecule has 0 fully saturated rings. The number of rotatable bonds is 7. The van der Waals surface area contributed by atoms with Gasteiger partial charge in [0, 0.05) is 38.9 Å². The van der Waals surface area contributed by atoms with Gasteiger partial charge >= 0.3 is 0 Å². The number of hydrogen-bond donors (Lipinski definition) is 2. The normalized spacial score (nSPS) is 13.1. The van der Waals surface area contributed by atoms with Crippen molar-refractivity contribution in [1.82, 2.24) is 25.3 Å². The fourth-order valence-corrected chi connectivity index (χ4v) is 3.21. The molecule has 1 aromatic heterocycles. The van der Waals surface area contributed by atoms with Crippen LogP contribution in [0.2, 0.25) is 0 Å². The largest absolute Gasteiger partial charge is 0.354 e. The van der Waals surface area contributed by atoms with Crippen LogP contribution in [0.15, 0.2) is 29.3 Å². The molecule has 1 unspecified atom stereocenters. The third kappa shape index (κ3) is 6.10. The van der Waals surface area contributed by atoms with Gasteiger partial charge in [-0.05, 0) is 58.0 Å². The average Bonchev–Trinajstić information content (AvgIpc) is 2.85. The minimum absolute atomic E-state index is 0.264. The number of aryl methyl sites for hydroxylation is 2. The van der Waals surface area contributed by atoms with Gasteiger partial charge < -0.3 is 15.5 Å². The number of hydrogen-bond acceptors (Lipinski definition) is 3. The highest BCUT2D eigenvalue weighted by Gasteiger charge is 2.14. The molecule has 2 rings (SSSR count). The van der Waals surface area contributed by atoms with Crippen LogP contribution in [-0.2, 0) is 26.6 Å². The standard InChI is InChI=1S/C21H34N6/c1-15(12-20-16(2)25-27(7)17(20)3)24-21(22-4)23-13-18-8-10-19(11-9-18)14-26(5)6/h8-11,15H,12-14H2,1-7H3,(H2,22,23,24). The molecular weight excluding hydrogens is 336 g/mol. The van der Waals surface area contributed by atoms with Crippen LogP contribution in [0.1, 0.15) is 35.0 Å². The molecule has 0 amide bonds. The number of guanidine groups is 1. The molecule has 27 heavy (non-hydrogen) atoms. The lowest BCUT2D eigenvalue weighted by atomic mass is 10.1. The first-order valence-electron chi connectivity index (χ1n) is 9.49. The van der Waals surface area contributed by atoms with E-state index in [0.29, 0.717) is 0 Å². The van der Waals surface area contributed by atoms with Gasteiger partial charge in [0.15, 0.2) is 5.96 Å². The van der Waals surface area contributed by atoms with Crippen molar-refractivity contribution in [3.8, 4) is 0 Å². The van der Waals surface area contributed by atoms with E-state index in [2.05, 4.69) is 84.8 Å². The quantitative estimate of drug-likeness (QED) is 0.580. The number of nitrogens with zero attached hydrogens (tertiary/aromatic N) is 4. The van der Waals surface area contributed by atoms with Gasteiger partial charge in [0.2, 0.25) is 0 Å². The van der Waals surface area contributed by atoms with Crippen LogP contribution in [0, 0.1) is 13.8 Å². The first kappa shape index (κ1) is 21.0. The summed E-state index contributed by atoms with van der Waals surface area (Å²) in [5.74, 6) is 0.819. The highest BCUT2D eigenvalue weighted by Crippen LogP contribution is 2.14. The summed E-state index contributed by atoms with van der Waals surface area (Å²) >= 11 is 0. The Morgan fingerprint density at radius 3 is 2.33 bits per heavy atom. The summed E-state index contributed by atoms with van der Waals surface area (Å²) < 4.78 is 1.95. The van der Waals surface area contributed by atoms with Crippen LogP contribution < -0.4 is 10.6 Å². The number of aliphatic imine (C=N–C) groups is 1. The van der Waals surface area contributed by atoms with E-state index in [1.165, 1.54) is 22.4 Å². The van der Waals surface area contributed by atoms with Gasteiger partial charge in [-0.15, -0.1) is 0 Å². The highest BCUT2D eigenvalue weighted by molar-refractivity contribution is 5.79. The lowest BCUT2D eigenvalue weighted by Gasteiger charge is -2.18. The molecule has 6 heteroatoms. The second-order valence-electron chi connectivity index (χ2n) is 7.50. The molecule has 2 aromatic rings. The monoisotopic (exact) mass is 370 g/mol. The zero-order valence-corrected chi connectivity index (χ0v) is 17.8. The molecule has 1 aromatic carbocycles. The van der Waals surface area contributed by atoms with Crippen LogP contribution in [0.5, 0.6) is 0 Å². The molecule has 148 valence electrons.